The van der Waals surface area contributed by atoms with Crippen LogP contribution in [-0.2, 0) is 10.0 Å². The monoisotopic (exact) mass is 427 g/mol. The number of hydrogen-bond donors (Lipinski definition) is 2. The Kier molecular flexibility index (Phi) is 7.21. The Morgan fingerprint density at radius 1 is 1.00 bits per heavy atom. The van der Waals surface area contributed by atoms with Gasteiger partial charge in [-0.2, -0.15) is 0 Å². The summed E-state index contributed by atoms with van der Waals surface area (Å²) in [5, 5.41) is 10.1. The van der Waals surface area contributed by atoms with Crippen LogP contribution in [0.5, 0.6) is 5.75 Å². The first-order valence-electron chi connectivity index (χ1n) is 9.35. The van der Waals surface area contributed by atoms with E-state index in [4.69, 9.17) is 4.74 Å². The Morgan fingerprint density at radius 3 is 2.47 bits per heavy atom. The van der Waals surface area contributed by atoms with E-state index in [-0.39, 0.29) is 17.3 Å². The molecule has 0 saturated heterocycles. The van der Waals surface area contributed by atoms with Crippen LogP contribution in [0.4, 0.5) is 10.1 Å². The minimum absolute atomic E-state index is 0.183. The molecule has 156 valence electrons. The summed E-state index contributed by atoms with van der Waals surface area (Å²) in [6.07, 6.45) is 2.94. The zero-order chi connectivity index (χ0) is 21.4. The molecule has 5 nitrogen and oxygen atoms in total. The van der Waals surface area contributed by atoms with Crippen molar-refractivity contribution in [3.63, 3.8) is 0 Å². The summed E-state index contributed by atoms with van der Waals surface area (Å²) >= 11 is 0. The number of hydrogen-bond acceptors (Lipinski definition) is 4. The molecule has 0 aromatic heterocycles. The lowest BCUT2D eigenvalue weighted by atomic mass is 10.1. The van der Waals surface area contributed by atoms with E-state index < -0.39 is 16.1 Å². The molecule has 0 unspecified atom stereocenters. The summed E-state index contributed by atoms with van der Waals surface area (Å²) in [5.41, 5.74) is 1.16. The predicted molar refractivity (Wildman–Crippen MR) is 115 cm³/mol. The Bertz CT molecular complexity index is 1080. The van der Waals surface area contributed by atoms with Crippen LogP contribution in [0.2, 0.25) is 0 Å². The van der Waals surface area contributed by atoms with Gasteiger partial charge in [0.25, 0.3) is 10.0 Å². The molecule has 3 aromatic rings. The summed E-state index contributed by atoms with van der Waals surface area (Å²) in [6, 6.07) is 20.7. The van der Waals surface area contributed by atoms with E-state index in [1.807, 2.05) is 0 Å². The number of aliphatic hydroxyl groups is 1. The van der Waals surface area contributed by atoms with E-state index >= 15 is 0 Å². The summed E-state index contributed by atoms with van der Waals surface area (Å²) in [6.45, 7) is 0.272. The van der Waals surface area contributed by atoms with Crippen molar-refractivity contribution >= 4 is 21.8 Å². The molecule has 7 heteroatoms. The summed E-state index contributed by atoms with van der Waals surface area (Å²) in [4.78, 5) is 0.183. The van der Waals surface area contributed by atoms with Gasteiger partial charge in [0.15, 0.2) is 0 Å². The minimum Gasteiger partial charge on any atom is -0.493 e. The second-order valence-corrected chi connectivity index (χ2v) is 8.24. The third kappa shape index (κ3) is 6.43. The van der Waals surface area contributed by atoms with Gasteiger partial charge in [-0.25, -0.2) is 12.8 Å². The summed E-state index contributed by atoms with van der Waals surface area (Å²) < 4.78 is 45.7. The van der Waals surface area contributed by atoms with E-state index in [0.29, 0.717) is 17.9 Å². The van der Waals surface area contributed by atoms with Crippen molar-refractivity contribution in [3.8, 4) is 5.75 Å². The van der Waals surface area contributed by atoms with Crippen molar-refractivity contribution in [2.24, 2.45) is 0 Å². The first-order chi connectivity index (χ1) is 14.4. The highest BCUT2D eigenvalue weighted by Gasteiger charge is 2.13. The molecule has 0 aliphatic rings. The molecule has 1 atom stereocenters. The average Bonchev–Trinajstić information content (AvgIpc) is 2.74. The van der Waals surface area contributed by atoms with Gasteiger partial charge in [-0.05, 0) is 54.1 Å². The van der Waals surface area contributed by atoms with Gasteiger partial charge in [-0.15, -0.1) is 0 Å². The van der Waals surface area contributed by atoms with Gasteiger partial charge < -0.3 is 9.84 Å². The van der Waals surface area contributed by atoms with E-state index in [9.17, 15) is 17.9 Å². The molecular weight excluding hydrogens is 405 g/mol. The highest BCUT2D eigenvalue weighted by atomic mass is 32.2. The highest BCUT2D eigenvalue weighted by molar-refractivity contribution is 7.92. The maximum Gasteiger partial charge on any atom is 0.261 e. The molecule has 0 aliphatic carbocycles. The van der Waals surface area contributed by atoms with Gasteiger partial charge in [-0.1, -0.05) is 42.5 Å². The van der Waals surface area contributed by atoms with Crippen LogP contribution in [0.25, 0.3) is 6.08 Å². The quantitative estimate of drug-likeness (QED) is 0.528. The lowest BCUT2D eigenvalue weighted by molar-refractivity contribution is 0.179. The van der Waals surface area contributed by atoms with Gasteiger partial charge in [0.05, 0.1) is 17.6 Å². The van der Waals surface area contributed by atoms with E-state index in [0.717, 1.165) is 5.56 Å². The van der Waals surface area contributed by atoms with Gasteiger partial charge in [0, 0.05) is 12.1 Å². The molecule has 0 heterocycles. The molecular formula is C23H22FNO4S. The second-order valence-electron chi connectivity index (χ2n) is 6.56. The van der Waals surface area contributed by atoms with Crippen LogP contribution in [-0.4, -0.2) is 26.2 Å². The normalized spacial score (nSPS) is 12.6. The Labute approximate surface area is 175 Å². The molecule has 3 rings (SSSR count). The summed E-state index contributed by atoms with van der Waals surface area (Å²) in [7, 11) is -3.67. The fraction of sp³-hybridized carbons (Fsp3) is 0.130. The SMILES string of the molecule is O=S(=O)(Nc1cccc(/C=C/[C@H](O)CCOc2ccc(F)cc2)c1)c1ccccc1. The smallest absolute Gasteiger partial charge is 0.261 e. The lowest BCUT2D eigenvalue weighted by Crippen LogP contribution is -2.12. The van der Waals surface area contributed by atoms with Crippen molar-refractivity contribution in [2.45, 2.75) is 17.4 Å². The fourth-order valence-corrected chi connectivity index (χ4v) is 3.74. The van der Waals surface area contributed by atoms with Crippen molar-refractivity contribution in [1.82, 2.24) is 0 Å². The minimum atomic E-state index is -3.67. The zero-order valence-corrected chi connectivity index (χ0v) is 16.9. The Hall–Kier alpha value is -3.16. The molecule has 0 aliphatic heterocycles. The van der Waals surface area contributed by atoms with Crippen LogP contribution in [0.3, 0.4) is 0 Å². The van der Waals surface area contributed by atoms with Gasteiger partial charge >= 0.3 is 0 Å². The maximum atomic E-state index is 12.9. The number of sulfonamides is 1. The molecule has 0 bridgehead atoms. The second kappa shape index (κ2) is 10.0. The maximum absolute atomic E-state index is 12.9. The van der Waals surface area contributed by atoms with Gasteiger partial charge in [0.2, 0.25) is 0 Å². The summed E-state index contributed by atoms with van der Waals surface area (Å²) in [5.74, 6) is 0.199. The molecule has 0 amide bonds. The van der Waals surface area contributed by atoms with Crippen LogP contribution >= 0.6 is 0 Å². The Balaban J connectivity index is 1.55. The molecule has 0 spiro atoms. The van der Waals surface area contributed by atoms with Crippen molar-refractivity contribution in [1.29, 1.82) is 0 Å². The van der Waals surface area contributed by atoms with Crippen LogP contribution < -0.4 is 9.46 Å². The third-order valence-corrected chi connectivity index (χ3v) is 5.60. The zero-order valence-electron chi connectivity index (χ0n) is 16.1. The van der Waals surface area contributed by atoms with Gasteiger partial charge in [0.1, 0.15) is 11.6 Å². The number of anilines is 1. The number of aliphatic hydroxyl groups excluding tert-OH is 1. The van der Waals surface area contributed by atoms with Crippen molar-refractivity contribution in [3.05, 3.63) is 96.3 Å². The number of nitrogens with one attached hydrogen (secondary N) is 1. The fourth-order valence-electron chi connectivity index (χ4n) is 2.67. The number of rotatable bonds is 9. The first-order valence-corrected chi connectivity index (χ1v) is 10.8. The molecule has 0 fully saturated rings. The molecule has 0 saturated carbocycles. The standard InChI is InChI=1S/C23H22FNO4S/c24-19-10-13-22(14-11-19)29-16-15-21(26)12-9-18-5-4-6-20(17-18)25-30(27,28)23-7-2-1-3-8-23/h1-14,17,21,25-26H,15-16H2/b12-9+/t21-/m0/s1. The van der Waals surface area contributed by atoms with Crippen LogP contribution in [0, 0.1) is 5.82 Å². The largest absolute Gasteiger partial charge is 0.493 e. The van der Waals surface area contributed by atoms with E-state index in [1.165, 1.54) is 36.4 Å². The first kappa shape index (κ1) is 21.5. The molecule has 3 aromatic carbocycles. The molecule has 2 N–H and O–H groups in total. The number of benzene rings is 3. The lowest BCUT2D eigenvalue weighted by Gasteiger charge is -2.09. The van der Waals surface area contributed by atoms with E-state index in [1.54, 1.807) is 54.6 Å². The van der Waals surface area contributed by atoms with Crippen LogP contribution in [0.15, 0.2) is 89.8 Å². The van der Waals surface area contributed by atoms with Crippen LogP contribution in [0.1, 0.15) is 12.0 Å². The van der Waals surface area contributed by atoms with Crippen molar-refractivity contribution in [2.75, 3.05) is 11.3 Å². The highest BCUT2D eigenvalue weighted by Crippen LogP contribution is 2.18. The predicted octanol–water partition coefficient (Wildman–Crippen LogP) is 4.47. The van der Waals surface area contributed by atoms with E-state index in [2.05, 4.69) is 4.72 Å². The third-order valence-electron chi connectivity index (χ3n) is 4.20. The topological polar surface area (TPSA) is 75.6 Å². The molecule has 0 radical (unpaired) electrons. The number of ether oxygens (including phenoxy) is 1. The van der Waals surface area contributed by atoms with Crippen molar-refractivity contribution < 1.29 is 22.7 Å². The van der Waals surface area contributed by atoms with Gasteiger partial charge in [-0.3, -0.25) is 4.72 Å². The Morgan fingerprint density at radius 2 is 1.73 bits per heavy atom. The number of halogens is 1. The average molecular weight is 427 g/mol. The molecule has 30 heavy (non-hydrogen) atoms.